The first-order valence-electron chi connectivity index (χ1n) is 7.90. The van der Waals surface area contributed by atoms with Crippen molar-refractivity contribution in [2.24, 2.45) is 5.41 Å². The summed E-state index contributed by atoms with van der Waals surface area (Å²) in [5.41, 5.74) is 2.23. The molecule has 0 unspecified atom stereocenters. The van der Waals surface area contributed by atoms with Crippen LogP contribution in [-0.4, -0.2) is 47.8 Å². The van der Waals surface area contributed by atoms with Crippen molar-refractivity contribution < 1.29 is 9.59 Å². The van der Waals surface area contributed by atoms with Crippen molar-refractivity contribution in [1.82, 2.24) is 9.80 Å². The number of hydrogen-bond acceptors (Lipinski definition) is 2. The van der Waals surface area contributed by atoms with Gasteiger partial charge in [-0.2, -0.15) is 0 Å². The van der Waals surface area contributed by atoms with Crippen LogP contribution in [0.15, 0.2) is 24.3 Å². The summed E-state index contributed by atoms with van der Waals surface area (Å²) in [4.78, 5) is 27.4. The fraction of sp³-hybridized carbons (Fsp3) is 0.556. The van der Waals surface area contributed by atoms with Crippen molar-refractivity contribution in [3.63, 3.8) is 0 Å². The Kier molecular flexibility index (Phi) is 4.89. The minimum Gasteiger partial charge on any atom is -0.339 e. The Morgan fingerprint density at radius 2 is 1.45 bits per heavy atom. The first-order valence-corrected chi connectivity index (χ1v) is 7.90. The van der Waals surface area contributed by atoms with E-state index in [1.807, 2.05) is 29.2 Å². The molecule has 0 N–H and O–H groups in total. The molecule has 1 aliphatic heterocycles. The van der Waals surface area contributed by atoms with Crippen LogP contribution in [0, 0.1) is 5.41 Å². The average Bonchev–Trinajstić information content (AvgIpc) is 2.46. The van der Waals surface area contributed by atoms with E-state index < -0.39 is 0 Å². The minimum absolute atomic E-state index is 0.0607. The van der Waals surface area contributed by atoms with Gasteiger partial charge in [0, 0.05) is 38.7 Å². The van der Waals surface area contributed by atoms with Crippen LogP contribution in [0.25, 0.3) is 0 Å². The highest BCUT2D eigenvalue weighted by Crippen LogP contribution is 2.21. The molecule has 0 aromatic heterocycles. The first-order chi connectivity index (χ1) is 10.3. The molecule has 2 amide bonds. The van der Waals surface area contributed by atoms with Crippen molar-refractivity contribution in [3.05, 3.63) is 35.4 Å². The van der Waals surface area contributed by atoms with Crippen molar-refractivity contribution in [2.75, 3.05) is 26.2 Å². The molecule has 1 fully saturated rings. The Labute approximate surface area is 133 Å². The number of rotatable bonds is 2. The van der Waals surface area contributed by atoms with Crippen LogP contribution in [0.1, 0.15) is 43.6 Å². The van der Waals surface area contributed by atoms with E-state index in [1.165, 1.54) is 5.56 Å². The zero-order valence-electron chi connectivity index (χ0n) is 14.1. The number of carbonyl (C=O) groups is 2. The molecular formula is C18H26N2O2. The van der Waals surface area contributed by atoms with Gasteiger partial charge in [-0.15, -0.1) is 0 Å². The van der Waals surface area contributed by atoms with Crippen LogP contribution < -0.4 is 0 Å². The van der Waals surface area contributed by atoms with Gasteiger partial charge in [0.2, 0.25) is 5.91 Å². The Balaban J connectivity index is 1.97. The highest BCUT2D eigenvalue weighted by Gasteiger charge is 2.23. The SMILES string of the molecule is CC(=O)N1CCN(C(=O)c2ccc(CC(C)(C)C)cc2)CC1. The summed E-state index contributed by atoms with van der Waals surface area (Å²) in [6.45, 7) is 10.7. The second-order valence-electron chi connectivity index (χ2n) is 7.23. The normalized spacial score (nSPS) is 15.8. The van der Waals surface area contributed by atoms with Gasteiger partial charge in [0.15, 0.2) is 0 Å². The molecule has 0 aliphatic carbocycles. The lowest BCUT2D eigenvalue weighted by Gasteiger charge is -2.34. The van der Waals surface area contributed by atoms with Gasteiger partial charge in [0.1, 0.15) is 0 Å². The molecule has 0 bridgehead atoms. The predicted octanol–water partition coefficient (Wildman–Crippen LogP) is 2.58. The summed E-state index contributed by atoms with van der Waals surface area (Å²) in [6, 6.07) is 7.93. The Morgan fingerprint density at radius 1 is 0.955 bits per heavy atom. The van der Waals surface area contributed by atoms with Gasteiger partial charge in [-0.25, -0.2) is 0 Å². The molecule has 0 radical (unpaired) electrons. The molecule has 22 heavy (non-hydrogen) atoms. The van der Waals surface area contributed by atoms with E-state index in [0.717, 1.165) is 12.0 Å². The maximum absolute atomic E-state index is 12.5. The lowest BCUT2D eigenvalue weighted by molar-refractivity contribution is -0.130. The molecule has 1 aromatic rings. The highest BCUT2D eigenvalue weighted by atomic mass is 16.2. The minimum atomic E-state index is 0.0607. The standard InChI is InChI=1S/C18H26N2O2/c1-14(21)19-9-11-20(12-10-19)17(22)16-7-5-15(6-8-16)13-18(2,3)4/h5-8H,9-13H2,1-4H3. The topological polar surface area (TPSA) is 40.6 Å². The molecule has 120 valence electrons. The number of hydrogen-bond donors (Lipinski definition) is 0. The number of benzene rings is 1. The van der Waals surface area contributed by atoms with Gasteiger partial charge in [-0.1, -0.05) is 32.9 Å². The van der Waals surface area contributed by atoms with E-state index in [2.05, 4.69) is 20.8 Å². The van der Waals surface area contributed by atoms with E-state index in [9.17, 15) is 9.59 Å². The summed E-state index contributed by atoms with van der Waals surface area (Å²) in [6.07, 6.45) is 0.999. The van der Waals surface area contributed by atoms with Crippen LogP contribution in [0.4, 0.5) is 0 Å². The second-order valence-corrected chi connectivity index (χ2v) is 7.23. The monoisotopic (exact) mass is 302 g/mol. The third-order valence-electron chi connectivity index (χ3n) is 3.95. The highest BCUT2D eigenvalue weighted by molar-refractivity contribution is 5.94. The molecule has 0 spiro atoms. The average molecular weight is 302 g/mol. The molecule has 0 atom stereocenters. The Hall–Kier alpha value is -1.84. The molecule has 0 saturated carbocycles. The molecule has 1 aliphatic rings. The molecule has 1 saturated heterocycles. The number of piperazine rings is 1. The van der Waals surface area contributed by atoms with Crippen LogP contribution in [0.3, 0.4) is 0 Å². The Bertz CT molecular complexity index is 535. The van der Waals surface area contributed by atoms with Gasteiger partial charge in [0.25, 0.3) is 5.91 Å². The molecular weight excluding hydrogens is 276 g/mol. The lowest BCUT2D eigenvalue weighted by atomic mass is 9.88. The fourth-order valence-electron chi connectivity index (χ4n) is 2.78. The van der Waals surface area contributed by atoms with E-state index in [-0.39, 0.29) is 17.2 Å². The first kappa shape index (κ1) is 16.5. The zero-order valence-corrected chi connectivity index (χ0v) is 14.1. The molecule has 1 aromatic carbocycles. The number of nitrogens with zero attached hydrogens (tertiary/aromatic N) is 2. The van der Waals surface area contributed by atoms with E-state index in [0.29, 0.717) is 26.2 Å². The van der Waals surface area contributed by atoms with E-state index in [4.69, 9.17) is 0 Å². The molecule has 1 heterocycles. The van der Waals surface area contributed by atoms with Crippen molar-refractivity contribution in [3.8, 4) is 0 Å². The quantitative estimate of drug-likeness (QED) is 0.842. The smallest absolute Gasteiger partial charge is 0.253 e. The van der Waals surface area contributed by atoms with Crippen molar-refractivity contribution in [2.45, 2.75) is 34.1 Å². The summed E-state index contributed by atoms with van der Waals surface area (Å²) in [5, 5.41) is 0. The van der Waals surface area contributed by atoms with E-state index in [1.54, 1.807) is 11.8 Å². The van der Waals surface area contributed by atoms with Crippen LogP contribution in [-0.2, 0) is 11.2 Å². The van der Waals surface area contributed by atoms with E-state index >= 15 is 0 Å². The maximum Gasteiger partial charge on any atom is 0.253 e. The van der Waals surface area contributed by atoms with Crippen LogP contribution in [0.5, 0.6) is 0 Å². The maximum atomic E-state index is 12.5. The molecule has 4 nitrogen and oxygen atoms in total. The summed E-state index contributed by atoms with van der Waals surface area (Å²) in [5.74, 6) is 0.143. The number of amides is 2. The fourth-order valence-corrected chi connectivity index (χ4v) is 2.78. The van der Waals surface area contributed by atoms with Gasteiger partial charge in [0.05, 0.1) is 0 Å². The Morgan fingerprint density at radius 3 is 1.91 bits per heavy atom. The van der Waals surface area contributed by atoms with Crippen molar-refractivity contribution >= 4 is 11.8 Å². The molecule has 4 heteroatoms. The molecule has 2 rings (SSSR count). The van der Waals surface area contributed by atoms with Gasteiger partial charge < -0.3 is 9.80 Å². The van der Waals surface area contributed by atoms with Crippen molar-refractivity contribution in [1.29, 1.82) is 0 Å². The third kappa shape index (κ3) is 4.33. The second kappa shape index (κ2) is 6.51. The third-order valence-corrected chi connectivity index (χ3v) is 3.95. The van der Waals surface area contributed by atoms with Crippen LogP contribution in [0.2, 0.25) is 0 Å². The zero-order chi connectivity index (χ0) is 16.3. The van der Waals surface area contributed by atoms with Gasteiger partial charge >= 0.3 is 0 Å². The van der Waals surface area contributed by atoms with Gasteiger partial charge in [-0.3, -0.25) is 9.59 Å². The van der Waals surface area contributed by atoms with Crippen LogP contribution >= 0.6 is 0 Å². The van der Waals surface area contributed by atoms with Gasteiger partial charge in [-0.05, 0) is 29.5 Å². The lowest BCUT2D eigenvalue weighted by Crippen LogP contribution is -2.50. The largest absolute Gasteiger partial charge is 0.339 e. The number of carbonyl (C=O) groups excluding carboxylic acids is 2. The summed E-state index contributed by atoms with van der Waals surface area (Å²) >= 11 is 0. The predicted molar refractivity (Wildman–Crippen MR) is 87.8 cm³/mol. The summed E-state index contributed by atoms with van der Waals surface area (Å²) < 4.78 is 0. The summed E-state index contributed by atoms with van der Waals surface area (Å²) in [7, 11) is 0.